The zero-order valence-corrected chi connectivity index (χ0v) is 14.7. The van der Waals surface area contributed by atoms with Crippen molar-refractivity contribution in [3.8, 4) is 5.75 Å². The Morgan fingerprint density at radius 1 is 1.12 bits per heavy atom. The average molecular weight is 355 g/mol. The summed E-state index contributed by atoms with van der Waals surface area (Å²) >= 11 is 0. The highest BCUT2D eigenvalue weighted by atomic mass is 32.2. The fraction of sp³-hybridized carbons (Fsp3) is 0.467. The van der Waals surface area contributed by atoms with Crippen molar-refractivity contribution in [3.63, 3.8) is 0 Å². The number of anilines is 1. The van der Waals surface area contributed by atoms with E-state index in [1.165, 1.54) is 37.4 Å². The highest BCUT2D eigenvalue weighted by Crippen LogP contribution is 2.30. The van der Waals surface area contributed by atoms with Gasteiger partial charge < -0.3 is 15.0 Å². The first-order valence-electron chi connectivity index (χ1n) is 7.47. The van der Waals surface area contributed by atoms with Gasteiger partial charge in [-0.1, -0.05) is 0 Å². The van der Waals surface area contributed by atoms with E-state index in [2.05, 4.69) is 5.32 Å². The second-order valence-electron chi connectivity index (χ2n) is 5.46. The van der Waals surface area contributed by atoms with E-state index >= 15 is 0 Å². The summed E-state index contributed by atoms with van der Waals surface area (Å²) in [6.07, 6.45) is 0. The summed E-state index contributed by atoms with van der Waals surface area (Å²) < 4.78 is 32.3. The molecule has 24 heavy (non-hydrogen) atoms. The first-order valence-corrected chi connectivity index (χ1v) is 8.91. The molecule has 1 aliphatic rings. The number of methoxy groups -OCH3 is 1. The molecule has 9 heteroatoms. The van der Waals surface area contributed by atoms with Crippen molar-refractivity contribution in [3.05, 3.63) is 18.2 Å². The van der Waals surface area contributed by atoms with E-state index in [1.807, 2.05) is 0 Å². The van der Waals surface area contributed by atoms with Crippen molar-refractivity contribution in [2.75, 3.05) is 38.6 Å². The van der Waals surface area contributed by atoms with E-state index in [0.29, 0.717) is 18.8 Å². The Morgan fingerprint density at radius 3 is 2.25 bits per heavy atom. The zero-order chi connectivity index (χ0) is 17.9. The average Bonchev–Trinajstić information content (AvgIpc) is 2.54. The van der Waals surface area contributed by atoms with Gasteiger partial charge in [-0.25, -0.2) is 8.42 Å². The summed E-state index contributed by atoms with van der Waals surface area (Å²) in [6.45, 7) is 3.94. The summed E-state index contributed by atoms with van der Waals surface area (Å²) in [4.78, 5) is 24.2. The third-order valence-electron chi connectivity index (χ3n) is 3.79. The molecule has 1 saturated heterocycles. The van der Waals surface area contributed by atoms with E-state index in [0.717, 1.165) is 0 Å². The van der Waals surface area contributed by atoms with Gasteiger partial charge in [0.2, 0.25) is 21.8 Å². The highest BCUT2D eigenvalue weighted by molar-refractivity contribution is 7.89. The van der Waals surface area contributed by atoms with Crippen LogP contribution < -0.4 is 10.1 Å². The molecule has 1 aromatic carbocycles. The number of piperazine rings is 1. The molecule has 0 radical (unpaired) electrons. The number of carbonyl (C=O) groups is 2. The minimum Gasteiger partial charge on any atom is -0.495 e. The Morgan fingerprint density at radius 2 is 1.75 bits per heavy atom. The van der Waals surface area contributed by atoms with Crippen LogP contribution in [0.2, 0.25) is 0 Å². The van der Waals surface area contributed by atoms with Gasteiger partial charge in [0.25, 0.3) is 0 Å². The fourth-order valence-corrected chi connectivity index (χ4v) is 4.15. The predicted octanol–water partition coefficient (Wildman–Crippen LogP) is 0.506. The molecule has 1 aromatic rings. The summed E-state index contributed by atoms with van der Waals surface area (Å²) in [6, 6.07) is 4.46. The minimum atomic E-state index is -3.79. The van der Waals surface area contributed by atoms with Crippen LogP contribution in [-0.2, 0) is 19.6 Å². The Labute approximate surface area is 141 Å². The Balaban J connectivity index is 2.31. The number of nitrogens with one attached hydrogen (secondary N) is 1. The van der Waals surface area contributed by atoms with Crippen LogP contribution in [-0.4, -0.2) is 62.7 Å². The second-order valence-corrected chi connectivity index (χ2v) is 7.36. The van der Waals surface area contributed by atoms with Gasteiger partial charge in [0.05, 0.1) is 7.11 Å². The van der Waals surface area contributed by atoms with Crippen LogP contribution >= 0.6 is 0 Å². The molecular weight excluding hydrogens is 334 g/mol. The van der Waals surface area contributed by atoms with Gasteiger partial charge in [0.1, 0.15) is 10.6 Å². The molecule has 1 heterocycles. The van der Waals surface area contributed by atoms with Crippen molar-refractivity contribution >= 4 is 27.5 Å². The van der Waals surface area contributed by atoms with E-state index in [4.69, 9.17) is 4.74 Å². The smallest absolute Gasteiger partial charge is 0.246 e. The Hall–Kier alpha value is -2.13. The molecule has 2 rings (SSSR count). The molecule has 132 valence electrons. The number of rotatable bonds is 4. The number of ether oxygens (including phenoxy) is 1. The lowest BCUT2D eigenvalue weighted by atomic mass is 10.3. The second kappa shape index (κ2) is 7.18. The largest absolute Gasteiger partial charge is 0.495 e. The monoisotopic (exact) mass is 355 g/mol. The van der Waals surface area contributed by atoms with Crippen LogP contribution in [0.5, 0.6) is 5.75 Å². The number of hydrogen-bond donors (Lipinski definition) is 1. The van der Waals surface area contributed by atoms with Crippen molar-refractivity contribution in [2.24, 2.45) is 0 Å². The quantitative estimate of drug-likeness (QED) is 0.849. The SMILES string of the molecule is COc1ccc(NC(C)=O)cc1S(=O)(=O)N1CCN(C(C)=O)CC1. The van der Waals surface area contributed by atoms with Gasteiger partial charge in [-0.3, -0.25) is 9.59 Å². The number of nitrogens with zero attached hydrogens (tertiary/aromatic N) is 2. The van der Waals surface area contributed by atoms with Gasteiger partial charge in [-0.2, -0.15) is 4.31 Å². The van der Waals surface area contributed by atoms with Gasteiger partial charge in [-0.15, -0.1) is 0 Å². The summed E-state index contributed by atoms with van der Waals surface area (Å²) in [7, 11) is -2.40. The molecule has 1 fully saturated rings. The molecule has 0 aliphatic carbocycles. The fourth-order valence-electron chi connectivity index (χ4n) is 2.54. The van der Waals surface area contributed by atoms with Crippen LogP contribution in [0.3, 0.4) is 0 Å². The van der Waals surface area contributed by atoms with Crippen LogP contribution in [0, 0.1) is 0 Å². The van der Waals surface area contributed by atoms with Crippen LogP contribution in [0.4, 0.5) is 5.69 Å². The normalized spacial score (nSPS) is 15.9. The predicted molar refractivity (Wildman–Crippen MR) is 88.3 cm³/mol. The first-order chi connectivity index (χ1) is 11.3. The number of benzene rings is 1. The van der Waals surface area contributed by atoms with Crippen molar-refractivity contribution in [2.45, 2.75) is 18.7 Å². The van der Waals surface area contributed by atoms with E-state index in [1.54, 1.807) is 11.0 Å². The van der Waals surface area contributed by atoms with E-state index < -0.39 is 10.0 Å². The molecule has 2 amide bonds. The molecule has 0 atom stereocenters. The lowest BCUT2D eigenvalue weighted by Crippen LogP contribution is -2.49. The third kappa shape index (κ3) is 3.85. The lowest BCUT2D eigenvalue weighted by molar-refractivity contribution is -0.130. The Bertz CT molecular complexity index is 739. The number of sulfonamides is 1. The Kier molecular flexibility index (Phi) is 5.45. The third-order valence-corrected chi connectivity index (χ3v) is 5.71. The van der Waals surface area contributed by atoms with Crippen LogP contribution in [0.1, 0.15) is 13.8 Å². The van der Waals surface area contributed by atoms with Gasteiger partial charge in [-0.05, 0) is 18.2 Å². The molecule has 0 bridgehead atoms. The number of hydrogen-bond acceptors (Lipinski definition) is 5. The molecule has 0 spiro atoms. The number of carbonyl (C=O) groups excluding carboxylic acids is 2. The highest BCUT2D eigenvalue weighted by Gasteiger charge is 2.31. The van der Waals surface area contributed by atoms with Gasteiger partial charge >= 0.3 is 0 Å². The van der Waals surface area contributed by atoms with E-state index in [-0.39, 0.29) is 35.5 Å². The summed E-state index contributed by atoms with van der Waals surface area (Å²) in [5.74, 6) is -0.158. The molecular formula is C15H21N3O5S. The maximum absolute atomic E-state index is 12.9. The van der Waals surface area contributed by atoms with Gasteiger partial charge in [0.15, 0.2) is 0 Å². The van der Waals surface area contributed by atoms with E-state index in [9.17, 15) is 18.0 Å². The lowest BCUT2D eigenvalue weighted by Gasteiger charge is -2.33. The van der Waals surface area contributed by atoms with Gasteiger partial charge in [0, 0.05) is 45.7 Å². The molecule has 1 N–H and O–H groups in total. The maximum atomic E-state index is 12.9. The van der Waals surface area contributed by atoms with Crippen molar-refractivity contribution < 1.29 is 22.7 Å². The van der Waals surface area contributed by atoms with Crippen LogP contribution in [0.25, 0.3) is 0 Å². The topological polar surface area (TPSA) is 96.0 Å². The molecule has 0 aromatic heterocycles. The van der Waals surface area contributed by atoms with Crippen molar-refractivity contribution in [1.82, 2.24) is 9.21 Å². The summed E-state index contributed by atoms with van der Waals surface area (Å²) in [5, 5.41) is 2.56. The molecule has 0 unspecified atom stereocenters. The molecule has 0 saturated carbocycles. The maximum Gasteiger partial charge on any atom is 0.246 e. The first kappa shape index (κ1) is 18.2. The number of amides is 2. The zero-order valence-electron chi connectivity index (χ0n) is 13.9. The van der Waals surface area contributed by atoms with Crippen LogP contribution in [0.15, 0.2) is 23.1 Å². The molecule has 1 aliphatic heterocycles. The summed E-state index contributed by atoms with van der Waals surface area (Å²) in [5.41, 5.74) is 0.379. The molecule has 8 nitrogen and oxygen atoms in total. The van der Waals surface area contributed by atoms with Crippen molar-refractivity contribution in [1.29, 1.82) is 0 Å². The standard InChI is InChI=1S/C15H21N3O5S/c1-11(19)16-13-4-5-14(23-3)15(10-13)24(21,22)18-8-6-17(7-9-18)12(2)20/h4-5,10H,6-9H2,1-3H3,(H,16,19). The minimum absolute atomic E-state index is 0.00692.